The normalized spacial score (nSPS) is 11.3. The van der Waals surface area contributed by atoms with E-state index >= 15 is 0 Å². The van der Waals surface area contributed by atoms with Gasteiger partial charge < -0.3 is 19.8 Å². The van der Waals surface area contributed by atoms with Crippen LogP contribution in [0.4, 0.5) is 0 Å². The van der Waals surface area contributed by atoms with E-state index in [1.54, 1.807) is 25.0 Å². The maximum atomic E-state index is 12.3. The molecular formula is C28H32N8O3. The first-order valence-electron chi connectivity index (χ1n) is 12.7. The second-order valence-electron chi connectivity index (χ2n) is 9.49. The summed E-state index contributed by atoms with van der Waals surface area (Å²) in [5.41, 5.74) is 11.4. The van der Waals surface area contributed by atoms with E-state index < -0.39 is 5.91 Å². The lowest BCUT2D eigenvalue weighted by atomic mass is 10.0. The highest BCUT2D eigenvalue weighted by molar-refractivity contribution is 6.00. The second kappa shape index (κ2) is 10.2. The number of pyridine rings is 1. The van der Waals surface area contributed by atoms with Crippen molar-refractivity contribution < 1.29 is 14.3 Å². The van der Waals surface area contributed by atoms with E-state index in [2.05, 4.69) is 12.0 Å². The van der Waals surface area contributed by atoms with Gasteiger partial charge in [0.1, 0.15) is 28.6 Å². The Labute approximate surface area is 226 Å². The molecular weight excluding hydrogens is 496 g/mol. The maximum absolute atomic E-state index is 12.3. The molecule has 39 heavy (non-hydrogen) atoms. The van der Waals surface area contributed by atoms with E-state index in [0.717, 1.165) is 52.2 Å². The Bertz CT molecular complexity index is 1690. The number of primary amides is 1. The summed E-state index contributed by atoms with van der Waals surface area (Å²) in [6.45, 7) is 4.86. The Morgan fingerprint density at radius 3 is 2.54 bits per heavy atom. The fourth-order valence-electron chi connectivity index (χ4n) is 4.89. The molecule has 4 aromatic heterocycles. The number of imidazole rings is 1. The Morgan fingerprint density at radius 1 is 1.05 bits per heavy atom. The highest BCUT2D eigenvalue weighted by atomic mass is 16.5. The molecule has 0 saturated heterocycles. The molecule has 1 aromatic carbocycles. The molecule has 0 radical (unpaired) electrons. The molecule has 1 amide bonds. The van der Waals surface area contributed by atoms with Gasteiger partial charge in [0.25, 0.3) is 5.91 Å². The fourth-order valence-corrected chi connectivity index (χ4v) is 4.89. The third-order valence-corrected chi connectivity index (χ3v) is 6.70. The molecule has 0 aliphatic heterocycles. The molecule has 11 heteroatoms. The van der Waals surface area contributed by atoms with Crippen LogP contribution < -0.4 is 15.2 Å². The molecule has 0 atom stereocenters. The van der Waals surface area contributed by atoms with Gasteiger partial charge in [0, 0.05) is 44.9 Å². The van der Waals surface area contributed by atoms with Crippen molar-refractivity contribution in [2.75, 3.05) is 14.2 Å². The van der Waals surface area contributed by atoms with Gasteiger partial charge in [-0.2, -0.15) is 10.2 Å². The minimum absolute atomic E-state index is 0.144. The SMILES string of the molecule is CCCn1nc(C)cc1-c1cn(C)c(-c2nc(C(N)=O)cc3c2c(Cc2ccc(OC)cc2OC)nn3C)n1. The number of amides is 1. The zero-order valence-electron chi connectivity index (χ0n) is 23.0. The van der Waals surface area contributed by atoms with Crippen LogP contribution in [0, 0.1) is 6.92 Å². The van der Waals surface area contributed by atoms with Gasteiger partial charge in [-0.25, -0.2) is 9.97 Å². The number of methoxy groups -OCH3 is 2. The lowest BCUT2D eigenvalue weighted by Gasteiger charge is -2.10. The quantitative estimate of drug-likeness (QED) is 0.309. The first kappa shape index (κ1) is 26.0. The Hall–Kier alpha value is -4.67. The summed E-state index contributed by atoms with van der Waals surface area (Å²) in [4.78, 5) is 22.0. The van der Waals surface area contributed by atoms with Crippen LogP contribution in [0.15, 0.2) is 36.5 Å². The van der Waals surface area contributed by atoms with Gasteiger partial charge in [0.05, 0.1) is 42.2 Å². The summed E-state index contributed by atoms with van der Waals surface area (Å²) >= 11 is 0. The topological polar surface area (TPSA) is 128 Å². The van der Waals surface area contributed by atoms with Crippen molar-refractivity contribution in [2.45, 2.75) is 33.2 Å². The number of aromatic nitrogens is 7. The predicted octanol–water partition coefficient (Wildman–Crippen LogP) is 3.66. The number of ether oxygens (including phenoxy) is 2. The molecule has 202 valence electrons. The monoisotopic (exact) mass is 528 g/mol. The third-order valence-electron chi connectivity index (χ3n) is 6.70. The Balaban J connectivity index is 1.71. The Kier molecular flexibility index (Phi) is 6.81. The minimum atomic E-state index is -0.621. The summed E-state index contributed by atoms with van der Waals surface area (Å²) < 4.78 is 16.6. The van der Waals surface area contributed by atoms with Crippen molar-refractivity contribution >= 4 is 16.8 Å². The highest BCUT2D eigenvalue weighted by Gasteiger charge is 2.24. The largest absolute Gasteiger partial charge is 0.497 e. The molecule has 0 fully saturated rings. The number of hydrogen-bond acceptors (Lipinski definition) is 7. The van der Waals surface area contributed by atoms with Crippen molar-refractivity contribution in [1.82, 2.24) is 34.1 Å². The molecule has 0 spiro atoms. The molecule has 0 bridgehead atoms. The maximum Gasteiger partial charge on any atom is 0.267 e. The van der Waals surface area contributed by atoms with Gasteiger partial charge in [0.2, 0.25) is 0 Å². The number of nitrogens with two attached hydrogens (primary N) is 1. The average molecular weight is 529 g/mol. The van der Waals surface area contributed by atoms with E-state index in [9.17, 15) is 4.79 Å². The summed E-state index contributed by atoms with van der Waals surface area (Å²) in [5.74, 6) is 1.36. The molecule has 4 heterocycles. The molecule has 5 aromatic rings. The molecule has 0 unspecified atom stereocenters. The van der Waals surface area contributed by atoms with Gasteiger partial charge in [0.15, 0.2) is 5.82 Å². The van der Waals surface area contributed by atoms with Crippen molar-refractivity contribution in [3.8, 4) is 34.4 Å². The fraction of sp³-hybridized carbons (Fsp3) is 0.321. The number of nitrogens with zero attached hydrogens (tertiary/aromatic N) is 7. The highest BCUT2D eigenvalue weighted by Crippen LogP contribution is 2.34. The van der Waals surface area contributed by atoms with Crippen molar-refractivity contribution in [3.63, 3.8) is 0 Å². The van der Waals surface area contributed by atoms with Crippen LogP contribution in [-0.2, 0) is 27.1 Å². The number of carbonyl (C=O) groups excluding carboxylic acids is 1. The molecule has 2 N–H and O–H groups in total. The van der Waals surface area contributed by atoms with Crippen LogP contribution >= 0.6 is 0 Å². The average Bonchev–Trinajstić information content (AvgIpc) is 3.58. The zero-order valence-corrected chi connectivity index (χ0v) is 23.0. The van der Waals surface area contributed by atoms with Crippen molar-refractivity contribution in [3.05, 3.63) is 59.2 Å². The molecule has 11 nitrogen and oxygen atoms in total. The van der Waals surface area contributed by atoms with Crippen LogP contribution in [0.5, 0.6) is 11.5 Å². The first-order valence-corrected chi connectivity index (χ1v) is 12.7. The molecule has 0 aliphatic carbocycles. The third kappa shape index (κ3) is 4.71. The van der Waals surface area contributed by atoms with Gasteiger partial charge in [-0.3, -0.25) is 14.2 Å². The number of aryl methyl sites for hydroxylation is 4. The van der Waals surface area contributed by atoms with E-state index in [4.69, 9.17) is 30.3 Å². The van der Waals surface area contributed by atoms with Crippen molar-refractivity contribution in [2.24, 2.45) is 19.8 Å². The van der Waals surface area contributed by atoms with Gasteiger partial charge >= 0.3 is 0 Å². The molecule has 5 rings (SSSR count). The lowest BCUT2D eigenvalue weighted by molar-refractivity contribution is 0.0996. The van der Waals surface area contributed by atoms with Crippen LogP contribution in [0.2, 0.25) is 0 Å². The summed E-state index contributed by atoms with van der Waals surface area (Å²) in [5, 5.41) is 10.2. The number of benzene rings is 1. The summed E-state index contributed by atoms with van der Waals surface area (Å²) in [6, 6.07) is 9.39. The number of carbonyl (C=O) groups is 1. The summed E-state index contributed by atoms with van der Waals surface area (Å²) in [6.07, 6.45) is 3.37. The standard InChI is InChI=1S/C28H32N8O3/c1-7-10-36-22(11-16(2)32-36)21-15-34(3)28(31-21)26-25-19(12-17-8-9-18(38-5)13-24(17)39-6)33-35(4)23(25)14-20(30-26)27(29)37/h8-9,11,13-15H,7,10,12H2,1-6H3,(H2,29,37). The first-order chi connectivity index (χ1) is 18.7. The van der Waals surface area contributed by atoms with Crippen LogP contribution in [0.3, 0.4) is 0 Å². The summed E-state index contributed by atoms with van der Waals surface area (Å²) in [7, 11) is 6.99. The minimum Gasteiger partial charge on any atom is -0.497 e. The second-order valence-corrected chi connectivity index (χ2v) is 9.49. The van der Waals surface area contributed by atoms with E-state index in [1.165, 1.54) is 0 Å². The van der Waals surface area contributed by atoms with E-state index in [0.29, 0.717) is 29.4 Å². The molecule has 0 aliphatic rings. The van der Waals surface area contributed by atoms with Crippen LogP contribution in [0.25, 0.3) is 33.8 Å². The van der Waals surface area contributed by atoms with Crippen LogP contribution in [0.1, 0.15) is 40.8 Å². The van der Waals surface area contributed by atoms with Crippen LogP contribution in [-0.4, -0.2) is 54.2 Å². The smallest absolute Gasteiger partial charge is 0.267 e. The molecule has 0 saturated carbocycles. The van der Waals surface area contributed by atoms with Gasteiger partial charge in [-0.15, -0.1) is 0 Å². The number of rotatable bonds is 9. The predicted molar refractivity (Wildman–Crippen MR) is 148 cm³/mol. The number of hydrogen-bond donors (Lipinski definition) is 1. The van der Waals surface area contributed by atoms with E-state index in [-0.39, 0.29) is 5.69 Å². The van der Waals surface area contributed by atoms with Crippen molar-refractivity contribution in [1.29, 1.82) is 0 Å². The zero-order chi connectivity index (χ0) is 27.8. The van der Waals surface area contributed by atoms with Gasteiger partial charge in [-0.1, -0.05) is 13.0 Å². The van der Waals surface area contributed by atoms with E-state index in [1.807, 2.05) is 60.7 Å². The Morgan fingerprint density at radius 2 is 1.85 bits per heavy atom. The van der Waals surface area contributed by atoms with Gasteiger partial charge in [-0.05, 0) is 31.5 Å². The number of fused-ring (bicyclic) bond motifs is 1. The lowest BCUT2D eigenvalue weighted by Crippen LogP contribution is -2.14.